The molecule has 1 N–H and O–H groups in total. The van der Waals surface area contributed by atoms with Crippen LogP contribution in [-0.4, -0.2) is 22.3 Å². The summed E-state index contributed by atoms with van der Waals surface area (Å²) in [5.41, 5.74) is 0.306. The average Bonchev–Trinajstić information content (AvgIpc) is 2.88. The lowest BCUT2D eigenvalue weighted by Crippen LogP contribution is -2.43. The molecule has 134 valence electrons. The molecule has 1 atom stereocenters. The number of carboxylic acid groups (broad SMARTS) is 1. The van der Waals surface area contributed by atoms with Gasteiger partial charge in [-0.2, -0.15) is 5.10 Å². The predicted octanol–water partition coefficient (Wildman–Crippen LogP) is 5.58. The van der Waals surface area contributed by atoms with Gasteiger partial charge in [0.05, 0.1) is 10.7 Å². The molecule has 1 aliphatic carbocycles. The van der Waals surface area contributed by atoms with Gasteiger partial charge in [-0.05, 0) is 43.7 Å². The maximum Gasteiger partial charge on any atom is 0.356 e. The van der Waals surface area contributed by atoms with Crippen LogP contribution in [0.5, 0.6) is 0 Å². The molecule has 1 aliphatic heterocycles. The summed E-state index contributed by atoms with van der Waals surface area (Å²) >= 11 is 18.5. The topological polar surface area (TPSA) is 52.9 Å². The first kappa shape index (κ1) is 18.8. The maximum absolute atomic E-state index is 11.8. The van der Waals surface area contributed by atoms with Gasteiger partial charge in [0.2, 0.25) is 0 Å². The predicted molar refractivity (Wildman–Crippen MR) is 107 cm³/mol. The molecule has 1 heterocycles. The fraction of sp³-hybridized carbons (Fsp3) is 0.158. The monoisotopic (exact) mass is 408 g/mol. The lowest BCUT2D eigenvalue weighted by atomic mass is 9.82. The van der Waals surface area contributed by atoms with Crippen LogP contribution in [0.1, 0.15) is 13.3 Å². The van der Waals surface area contributed by atoms with Crippen LogP contribution in [0.25, 0.3) is 0 Å². The Labute approximate surface area is 166 Å². The van der Waals surface area contributed by atoms with E-state index in [9.17, 15) is 9.90 Å². The molecule has 1 aromatic carbocycles. The number of hydrogen-bond acceptors (Lipinski definition) is 3. The molecular formula is C19H15Cl3N2O2. The zero-order chi connectivity index (χ0) is 18.9. The van der Waals surface area contributed by atoms with Crippen LogP contribution < -0.4 is 5.01 Å². The number of allylic oxidation sites excluding steroid dienone is 5. The Hall–Kier alpha value is -2.01. The lowest BCUT2D eigenvalue weighted by Gasteiger charge is -2.36. The third-order valence-electron chi connectivity index (χ3n) is 4.26. The van der Waals surface area contributed by atoms with E-state index in [0.717, 1.165) is 0 Å². The van der Waals surface area contributed by atoms with E-state index in [2.05, 4.69) is 5.10 Å². The van der Waals surface area contributed by atoms with Crippen molar-refractivity contribution in [3.63, 3.8) is 0 Å². The number of carbonyl (C=O) groups is 1. The number of carboxylic acids is 1. The molecule has 0 amide bonds. The number of benzene rings is 1. The minimum atomic E-state index is -1.10. The second kappa shape index (κ2) is 7.31. The van der Waals surface area contributed by atoms with E-state index in [1.807, 2.05) is 12.2 Å². The van der Waals surface area contributed by atoms with Gasteiger partial charge in [-0.3, -0.25) is 0 Å². The summed E-state index contributed by atoms with van der Waals surface area (Å²) in [4.78, 5) is 11.8. The number of nitrogens with zero attached hydrogens (tertiary/aromatic N) is 2. The molecule has 1 unspecified atom stereocenters. The molecule has 4 nitrogen and oxygen atoms in total. The summed E-state index contributed by atoms with van der Waals surface area (Å²) in [7, 11) is 0. The zero-order valence-corrected chi connectivity index (χ0v) is 16.1. The third-order valence-corrected chi connectivity index (χ3v) is 5.05. The van der Waals surface area contributed by atoms with Gasteiger partial charge in [0.1, 0.15) is 5.54 Å². The Balaban J connectivity index is 2.24. The number of anilines is 1. The van der Waals surface area contributed by atoms with E-state index < -0.39 is 11.5 Å². The van der Waals surface area contributed by atoms with Gasteiger partial charge in [-0.25, -0.2) is 9.80 Å². The second-order valence-electron chi connectivity index (χ2n) is 5.81. The van der Waals surface area contributed by atoms with E-state index in [1.165, 1.54) is 0 Å². The standard InChI is InChI=1S/C19H15Cl3N2O2/c1-2-14-17(18(25)26)23-24(16-8-7-13(21)11-15(16)22)19(14)9-3-5-12(20)6-4-10-19/h2-9,11H,10H2,1H3,(H,25,26)/b6-4-,9-3+,12-5+,14-2-. The van der Waals surface area contributed by atoms with Gasteiger partial charge >= 0.3 is 5.97 Å². The molecule has 26 heavy (non-hydrogen) atoms. The average molecular weight is 410 g/mol. The van der Waals surface area contributed by atoms with E-state index in [1.54, 1.807) is 54.4 Å². The van der Waals surface area contributed by atoms with Crippen molar-refractivity contribution in [2.75, 3.05) is 5.01 Å². The summed E-state index contributed by atoms with van der Waals surface area (Å²) in [6, 6.07) is 5.03. The van der Waals surface area contributed by atoms with Crippen molar-refractivity contribution >= 4 is 52.2 Å². The van der Waals surface area contributed by atoms with Crippen LogP contribution in [0.2, 0.25) is 10.0 Å². The van der Waals surface area contributed by atoms with Crippen molar-refractivity contribution < 1.29 is 9.90 Å². The SMILES string of the molecule is C/C=C1/C(C(=O)O)=NN(c2ccc(Cl)cc2Cl)C12/C=C/C=C(Cl)\C=C/C2. The van der Waals surface area contributed by atoms with Crippen LogP contribution in [-0.2, 0) is 4.79 Å². The minimum Gasteiger partial charge on any atom is -0.476 e. The molecule has 0 bridgehead atoms. The van der Waals surface area contributed by atoms with Crippen molar-refractivity contribution in [3.05, 3.63) is 75.3 Å². The summed E-state index contributed by atoms with van der Waals surface area (Å²) in [6.45, 7) is 1.79. The van der Waals surface area contributed by atoms with Crippen LogP contribution >= 0.6 is 34.8 Å². The third kappa shape index (κ3) is 3.20. The largest absolute Gasteiger partial charge is 0.476 e. The number of hydrazone groups is 1. The molecule has 7 heteroatoms. The molecular weight excluding hydrogens is 395 g/mol. The van der Waals surface area contributed by atoms with E-state index in [4.69, 9.17) is 34.8 Å². The van der Waals surface area contributed by atoms with Crippen molar-refractivity contribution in [1.29, 1.82) is 0 Å². The summed E-state index contributed by atoms with van der Waals surface area (Å²) < 4.78 is 0. The first-order chi connectivity index (χ1) is 12.4. The van der Waals surface area contributed by atoms with Crippen LogP contribution in [0, 0.1) is 0 Å². The fourth-order valence-electron chi connectivity index (χ4n) is 3.16. The molecule has 0 saturated heterocycles. The van der Waals surface area contributed by atoms with Crippen molar-refractivity contribution in [2.24, 2.45) is 5.10 Å². The second-order valence-corrected chi connectivity index (χ2v) is 7.09. The van der Waals surface area contributed by atoms with Gasteiger partial charge in [0, 0.05) is 15.6 Å². The normalized spacial score (nSPS) is 28.3. The highest BCUT2D eigenvalue weighted by atomic mass is 35.5. The van der Waals surface area contributed by atoms with Gasteiger partial charge in [-0.15, -0.1) is 0 Å². The molecule has 3 rings (SSSR count). The Morgan fingerprint density at radius 2 is 2.12 bits per heavy atom. The van der Waals surface area contributed by atoms with Crippen molar-refractivity contribution in [3.8, 4) is 0 Å². The summed E-state index contributed by atoms with van der Waals surface area (Å²) in [5, 5.41) is 17.1. The van der Waals surface area contributed by atoms with Crippen LogP contribution in [0.4, 0.5) is 5.69 Å². The molecule has 1 aromatic rings. The van der Waals surface area contributed by atoms with E-state index in [-0.39, 0.29) is 5.71 Å². The van der Waals surface area contributed by atoms with Gasteiger partial charge in [0.25, 0.3) is 0 Å². The Morgan fingerprint density at radius 1 is 1.35 bits per heavy atom. The number of rotatable bonds is 2. The minimum absolute atomic E-state index is 0.0211. The zero-order valence-electron chi connectivity index (χ0n) is 13.8. The molecule has 1 spiro atoms. The highest BCUT2D eigenvalue weighted by Crippen LogP contribution is 2.44. The van der Waals surface area contributed by atoms with Crippen molar-refractivity contribution in [2.45, 2.75) is 18.9 Å². The van der Waals surface area contributed by atoms with Crippen LogP contribution in [0.15, 0.2) is 70.4 Å². The quantitative estimate of drug-likeness (QED) is 0.694. The molecule has 0 radical (unpaired) electrons. The van der Waals surface area contributed by atoms with Gasteiger partial charge in [0.15, 0.2) is 5.71 Å². The summed E-state index contributed by atoms with van der Waals surface area (Å²) in [6.07, 6.45) is 11.3. The first-order valence-electron chi connectivity index (χ1n) is 7.85. The molecule has 0 saturated carbocycles. The van der Waals surface area contributed by atoms with Gasteiger partial charge in [-0.1, -0.05) is 59.1 Å². The first-order valence-corrected chi connectivity index (χ1v) is 8.98. The van der Waals surface area contributed by atoms with Crippen LogP contribution in [0.3, 0.4) is 0 Å². The highest BCUT2D eigenvalue weighted by molar-refractivity contribution is 6.44. The Kier molecular flexibility index (Phi) is 5.28. The van der Waals surface area contributed by atoms with Crippen molar-refractivity contribution in [1.82, 2.24) is 0 Å². The van der Waals surface area contributed by atoms with Gasteiger partial charge < -0.3 is 5.11 Å². The lowest BCUT2D eigenvalue weighted by molar-refractivity contribution is -0.129. The number of halogens is 3. The number of aliphatic carboxylic acids is 1. The molecule has 2 aliphatic rings. The molecule has 0 fully saturated rings. The Morgan fingerprint density at radius 3 is 2.77 bits per heavy atom. The Bertz CT molecular complexity index is 915. The molecule has 0 aromatic heterocycles. The highest BCUT2D eigenvalue weighted by Gasteiger charge is 2.47. The van der Waals surface area contributed by atoms with E-state index in [0.29, 0.717) is 32.8 Å². The fourth-order valence-corrected chi connectivity index (χ4v) is 3.81. The number of hydrogen-bond donors (Lipinski definition) is 1. The smallest absolute Gasteiger partial charge is 0.356 e. The maximum atomic E-state index is 11.8. The summed E-state index contributed by atoms with van der Waals surface area (Å²) in [5.74, 6) is -1.10. The van der Waals surface area contributed by atoms with E-state index >= 15 is 0 Å².